The minimum absolute atomic E-state index is 0.296. The fraction of sp³-hybridized carbons (Fsp3) is 0.714. The van der Waals surface area contributed by atoms with Crippen LogP contribution in [0.1, 0.15) is 44.0 Å². The third kappa shape index (κ3) is 3.99. The molecule has 1 saturated heterocycles. The van der Waals surface area contributed by atoms with Gasteiger partial charge in [0.05, 0.1) is 0 Å². The molecular formula is C14H22ClN3S. The molecule has 1 aromatic heterocycles. The Morgan fingerprint density at radius 2 is 2.00 bits per heavy atom. The lowest BCUT2D eigenvalue weighted by Crippen LogP contribution is -2.20. The van der Waals surface area contributed by atoms with Crippen molar-refractivity contribution in [1.29, 1.82) is 0 Å². The Morgan fingerprint density at radius 3 is 2.63 bits per heavy atom. The zero-order chi connectivity index (χ0) is 13.8. The minimum atomic E-state index is 0.296. The molecule has 5 heteroatoms. The summed E-state index contributed by atoms with van der Waals surface area (Å²) in [5, 5.41) is 4.04. The molecule has 0 aromatic carbocycles. The number of hydrogen-bond acceptors (Lipinski definition) is 4. The van der Waals surface area contributed by atoms with Crippen molar-refractivity contribution in [2.45, 2.75) is 39.5 Å². The van der Waals surface area contributed by atoms with Crippen LogP contribution >= 0.6 is 23.4 Å². The number of nitrogens with zero attached hydrogens (tertiary/aromatic N) is 2. The number of aromatic nitrogens is 2. The van der Waals surface area contributed by atoms with E-state index in [-0.39, 0.29) is 0 Å². The van der Waals surface area contributed by atoms with Gasteiger partial charge in [-0.05, 0) is 37.2 Å². The zero-order valence-corrected chi connectivity index (χ0v) is 13.4. The summed E-state index contributed by atoms with van der Waals surface area (Å²) in [6.07, 6.45) is 2.60. The van der Waals surface area contributed by atoms with Crippen molar-refractivity contribution in [3.63, 3.8) is 0 Å². The third-order valence-electron chi connectivity index (χ3n) is 3.52. The average Bonchev–Trinajstić information content (AvgIpc) is 2.41. The van der Waals surface area contributed by atoms with E-state index in [9.17, 15) is 0 Å². The zero-order valence-electron chi connectivity index (χ0n) is 11.9. The highest BCUT2D eigenvalue weighted by atomic mass is 35.5. The first kappa shape index (κ1) is 14.9. The molecule has 0 radical (unpaired) electrons. The quantitative estimate of drug-likeness (QED) is 0.849. The maximum absolute atomic E-state index is 6.19. The van der Waals surface area contributed by atoms with Crippen molar-refractivity contribution in [1.82, 2.24) is 9.97 Å². The van der Waals surface area contributed by atoms with Gasteiger partial charge in [0.2, 0.25) is 0 Å². The van der Waals surface area contributed by atoms with Gasteiger partial charge in [-0.1, -0.05) is 25.4 Å². The van der Waals surface area contributed by atoms with Gasteiger partial charge in [-0.3, -0.25) is 0 Å². The molecule has 0 saturated carbocycles. The Morgan fingerprint density at radius 1 is 1.32 bits per heavy atom. The molecular weight excluding hydrogens is 278 g/mol. The largest absolute Gasteiger partial charge is 0.369 e. The SMILES string of the molecule is Cc1c(Cl)nc(C(C)C)nc1NCC1CCSCC1. The number of nitrogens with one attached hydrogen (secondary N) is 1. The lowest BCUT2D eigenvalue weighted by Gasteiger charge is -2.22. The van der Waals surface area contributed by atoms with Crippen LogP contribution in [0.15, 0.2) is 0 Å². The molecule has 1 N–H and O–H groups in total. The van der Waals surface area contributed by atoms with Gasteiger partial charge >= 0.3 is 0 Å². The van der Waals surface area contributed by atoms with Crippen LogP contribution in [0.4, 0.5) is 5.82 Å². The van der Waals surface area contributed by atoms with Crippen LogP contribution in [0.3, 0.4) is 0 Å². The van der Waals surface area contributed by atoms with E-state index in [1.807, 2.05) is 6.92 Å². The van der Waals surface area contributed by atoms with Gasteiger partial charge in [-0.15, -0.1) is 0 Å². The van der Waals surface area contributed by atoms with E-state index < -0.39 is 0 Å². The first-order chi connectivity index (χ1) is 9.08. The van der Waals surface area contributed by atoms with Gasteiger partial charge in [0, 0.05) is 18.0 Å². The van der Waals surface area contributed by atoms with E-state index in [1.165, 1.54) is 24.3 Å². The van der Waals surface area contributed by atoms with E-state index in [1.54, 1.807) is 0 Å². The fourth-order valence-corrected chi connectivity index (χ4v) is 3.51. The minimum Gasteiger partial charge on any atom is -0.369 e. The lowest BCUT2D eigenvalue weighted by molar-refractivity contribution is 0.515. The highest BCUT2D eigenvalue weighted by Crippen LogP contribution is 2.26. The summed E-state index contributed by atoms with van der Waals surface area (Å²) >= 11 is 8.25. The molecule has 19 heavy (non-hydrogen) atoms. The van der Waals surface area contributed by atoms with Crippen molar-refractivity contribution in [3.8, 4) is 0 Å². The van der Waals surface area contributed by atoms with Gasteiger partial charge in [0.15, 0.2) is 0 Å². The van der Waals surface area contributed by atoms with E-state index >= 15 is 0 Å². The van der Waals surface area contributed by atoms with Gasteiger partial charge in [0.25, 0.3) is 0 Å². The summed E-state index contributed by atoms with van der Waals surface area (Å²) in [6, 6.07) is 0. The Bertz CT molecular complexity index is 431. The summed E-state index contributed by atoms with van der Waals surface area (Å²) < 4.78 is 0. The number of hydrogen-bond donors (Lipinski definition) is 1. The molecule has 3 nitrogen and oxygen atoms in total. The molecule has 0 atom stereocenters. The molecule has 1 aromatic rings. The lowest BCUT2D eigenvalue weighted by atomic mass is 10.0. The standard InChI is InChI=1S/C14H22ClN3S/c1-9(2)13-17-12(15)10(3)14(18-13)16-8-11-4-6-19-7-5-11/h9,11H,4-8H2,1-3H3,(H,16,17,18). The van der Waals surface area contributed by atoms with E-state index in [0.29, 0.717) is 11.1 Å². The predicted octanol–water partition coefficient (Wildman–Crippen LogP) is 4.12. The molecule has 0 amide bonds. The highest BCUT2D eigenvalue weighted by molar-refractivity contribution is 7.99. The molecule has 2 rings (SSSR count). The molecule has 106 valence electrons. The van der Waals surface area contributed by atoms with Crippen LogP contribution in [0.2, 0.25) is 5.15 Å². The van der Waals surface area contributed by atoms with Crippen LogP contribution in [-0.2, 0) is 0 Å². The Hall–Kier alpha value is -0.480. The Labute approximate surface area is 124 Å². The number of halogens is 1. The normalized spacial score (nSPS) is 16.9. The second kappa shape index (κ2) is 6.80. The van der Waals surface area contributed by atoms with E-state index in [4.69, 9.17) is 11.6 Å². The molecule has 2 heterocycles. The van der Waals surface area contributed by atoms with Crippen molar-refractivity contribution < 1.29 is 0 Å². The monoisotopic (exact) mass is 299 g/mol. The third-order valence-corrected chi connectivity index (χ3v) is 4.94. The second-order valence-electron chi connectivity index (χ2n) is 5.44. The highest BCUT2D eigenvalue weighted by Gasteiger charge is 2.16. The van der Waals surface area contributed by atoms with E-state index in [2.05, 4.69) is 40.9 Å². The van der Waals surface area contributed by atoms with Crippen LogP contribution in [0.25, 0.3) is 0 Å². The Kier molecular flexibility index (Phi) is 5.34. The van der Waals surface area contributed by atoms with E-state index in [0.717, 1.165) is 29.7 Å². The molecule has 1 aliphatic rings. The van der Waals surface area contributed by atoms with Gasteiger partial charge in [-0.2, -0.15) is 11.8 Å². The van der Waals surface area contributed by atoms with Gasteiger partial charge in [0.1, 0.15) is 16.8 Å². The smallest absolute Gasteiger partial charge is 0.137 e. The van der Waals surface area contributed by atoms with Crippen molar-refractivity contribution >= 4 is 29.2 Å². The number of anilines is 1. The predicted molar refractivity (Wildman–Crippen MR) is 84.4 cm³/mol. The van der Waals surface area contributed by atoms with Gasteiger partial charge < -0.3 is 5.32 Å². The molecule has 1 aliphatic heterocycles. The molecule has 0 spiro atoms. The second-order valence-corrected chi connectivity index (χ2v) is 7.02. The summed E-state index contributed by atoms with van der Waals surface area (Å²) in [5.74, 6) is 5.35. The Balaban J connectivity index is 2.05. The maximum atomic E-state index is 6.19. The van der Waals surface area contributed by atoms with Crippen molar-refractivity contribution in [2.24, 2.45) is 5.92 Å². The molecule has 0 aliphatic carbocycles. The average molecular weight is 300 g/mol. The number of rotatable bonds is 4. The van der Waals surface area contributed by atoms with Crippen LogP contribution < -0.4 is 5.32 Å². The first-order valence-electron chi connectivity index (χ1n) is 6.93. The fourth-order valence-electron chi connectivity index (χ4n) is 2.13. The molecule has 1 fully saturated rings. The topological polar surface area (TPSA) is 37.8 Å². The summed E-state index contributed by atoms with van der Waals surface area (Å²) in [7, 11) is 0. The maximum Gasteiger partial charge on any atom is 0.137 e. The van der Waals surface area contributed by atoms with Crippen LogP contribution in [0.5, 0.6) is 0 Å². The summed E-state index contributed by atoms with van der Waals surface area (Å²) in [5.41, 5.74) is 0.955. The van der Waals surface area contributed by atoms with Crippen molar-refractivity contribution in [2.75, 3.05) is 23.4 Å². The van der Waals surface area contributed by atoms with Crippen LogP contribution in [-0.4, -0.2) is 28.0 Å². The van der Waals surface area contributed by atoms with Crippen LogP contribution in [0, 0.1) is 12.8 Å². The van der Waals surface area contributed by atoms with Gasteiger partial charge in [-0.25, -0.2) is 9.97 Å². The number of thioether (sulfide) groups is 1. The van der Waals surface area contributed by atoms with Crippen molar-refractivity contribution in [3.05, 3.63) is 16.5 Å². The molecule has 0 unspecified atom stereocenters. The molecule has 0 bridgehead atoms. The summed E-state index contributed by atoms with van der Waals surface area (Å²) in [4.78, 5) is 8.94. The summed E-state index contributed by atoms with van der Waals surface area (Å²) in [6.45, 7) is 7.14. The first-order valence-corrected chi connectivity index (χ1v) is 8.47.